The van der Waals surface area contributed by atoms with Crippen LogP contribution in [0, 0.1) is 0 Å². The minimum Gasteiger partial charge on any atom is -0.507 e. The van der Waals surface area contributed by atoms with Crippen LogP contribution in [0.3, 0.4) is 0 Å². The molecule has 3 aromatic rings. The molecule has 0 bridgehead atoms. The van der Waals surface area contributed by atoms with Crippen LogP contribution >= 0.6 is 0 Å². The lowest BCUT2D eigenvalue weighted by atomic mass is 9.99. The third-order valence-electron chi connectivity index (χ3n) is 5.57. The first-order valence-corrected chi connectivity index (χ1v) is 10.3. The lowest BCUT2D eigenvalue weighted by molar-refractivity contribution is -0.277. The van der Waals surface area contributed by atoms with Gasteiger partial charge in [-0.25, -0.2) is 0 Å². The number of phenols is 1. The number of methoxy groups -OCH3 is 2. The van der Waals surface area contributed by atoms with Gasteiger partial charge in [-0.1, -0.05) is 12.1 Å². The van der Waals surface area contributed by atoms with Crippen LogP contribution in [0.15, 0.2) is 45.6 Å². The summed E-state index contributed by atoms with van der Waals surface area (Å²) in [5.41, 5.74) is -0.366. The number of benzene rings is 2. The Balaban J connectivity index is 1.88. The summed E-state index contributed by atoms with van der Waals surface area (Å²) in [7, 11) is 2.70. The Bertz CT molecular complexity index is 1240. The molecular weight excluding hydrogens is 452 g/mol. The number of ether oxygens (including phenoxy) is 4. The standard InChI is InChI=1S/C23H24O11/c1-30-15-8-14(33-23-20(29)19(28)18(27)16(9-24)34-23)17-12(26)7-13(32-22(17)21(15)31-2)10-5-3-4-6-11(10)25/h3-8,16,18-20,23-25,27-29H,9H2,1-2H3/t16-,18-,19+,20-,23-/m1/s1. The van der Waals surface area contributed by atoms with Gasteiger partial charge in [-0.3, -0.25) is 4.79 Å². The van der Waals surface area contributed by atoms with E-state index in [1.165, 1.54) is 26.4 Å². The van der Waals surface area contributed by atoms with Gasteiger partial charge in [0.05, 0.1) is 26.4 Å². The fraction of sp³-hybridized carbons (Fsp3) is 0.348. The summed E-state index contributed by atoms with van der Waals surface area (Å²) in [5.74, 6) is 0.0142. The van der Waals surface area contributed by atoms with Crippen LogP contribution < -0.4 is 19.6 Å². The smallest absolute Gasteiger partial charge is 0.229 e. The predicted octanol–water partition coefficient (Wildman–Crippen LogP) is 0.361. The van der Waals surface area contributed by atoms with E-state index in [4.69, 9.17) is 23.4 Å². The molecule has 0 amide bonds. The molecule has 4 rings (SSSR count). The molecule has 34 heavy (non-hydrogen) atoms. The summed E-state index contributed by atoms with van der Waals surface area (Å²) in [4.78, 5) is 13.2. The zero-order valence-electron chi connectivity index (χ0n) is 18.2. The molecule has 1 aliphatic heterocycles. The number of hydrogen-bond acceptors (Lipinski definition) is 11. The van der Waals surface area contributed by atoms with Crippen LogP contribution in [0.25, 0.3) is 22.3 Å². The highest BCUT2D eigenvalue weighted by Gasteiger charge is 2.45. The van der Waals surface area contributed by atoms with Crippen LogP contribution in [-0.2, 0) is 4.74 Å². The Kier molecular flexibility index (Phi) is 6.64. The van der Waals surface area contributed by atoms with Crippen LogP contribution in [0.5, 0.6) is 23.0 Å². The normalized spacial score (nSPS) is 24.7. The Labute approximate surface area is 192 Å². The van der Waals surface area contributed by atoms with E-state index in [1.54, 1.807) is 18.2 Å². The average molecular weight is 476 g/mol. The van der Waals surface area contributed by atoms with Gasteiger partial charge in [0.15, 0.2) is 16.8 Å². The highest BCUT2D eigenvalue weighted by molar-refractivity contribution is 5.92. The van der Waals surface area contributed by atoms with Gasteiger partial charge >= 0.3 is 0 Å². The summed E-state index contributed by atoms with van der Waals surface area (Å²) in [5, 5.41) is 49.9. The fourth-order valence-corrected chi connectivity index (χ4v) is 3.80. The molecule has 1 aliphatic rings. The minimum absolute atomic E-state index is 0.0564. The summed E-state index contributed by atoms with van der Waals surface area (Å²) in [6, 6.07) is 8.76. The number of para-hydroxylation sites is 1. The van der Waals surface area contributed by atoms with Crippen LogP contribution in [0.1, 0.15) is 0 Å². The lowest BCUT2D eigenvalue weighted by Gasteiger charge is -2.39. The molecule has 0 saturated carbocycles. The van der Waals surface area contributed by atoms with Crippen LogP contribution in [0.2, 0.25) is 0 Å². The Hall–Kier alpha value is -3.35. The fourth-order valence-electron chi connectivity index (χ4n) is 3.80. The number of hydrogen-bond donors (Lipinski definition) is 5. The van der Waals surface area contributed by atoms with Crippen LogP contribution in [0.4, 0.5) is 0 Å². The van der Waals surface area contributed by atoms with Gasteiger partial charge in [0.2, 0.25) is 12.0 Å². The van der Waals surface area contributed by atoms with Crippen molar-refractivity contribution in [3.05, 3.63) is 46.6 Å². The van der Waals surface area contributed by atoms with E-state index in [1.807, 2.05) is 0 Å². The second-order valence-corrected chi connectivity index (χ2v) is 7.62. The number of aliphatic hydroxyl groups excluding tert-OH is 4. The van der Waals surface area contributed by atoms with Crippen molar-refractivity contribution in [1.82, 2.24) is 0 Å². The first kappa shape index (κ1) is 23.8. The summed E-state index contributed by atoms with van der Waals surface area (Å²) in [6.45, 7) is -0.649. The van der Waals surface area contributed by atoms with E-state index < -0.39 is 42.7 Å². The van der Waals surface area contributed by atoms with Crippen molar-refractivity contribution >= 4 is 11.0 Å². The Morgan fingerprint density at radius 2 is 1.71 bits per heavy atom. The molecule has 11 heteroatoms. The van der Waals surface area contributed by atoms with Gasteiger partial charge in [-0.2, -0.15) is 0 Å². The van der Waals surface area contributed by atoms with E-state index in [0.717, 1.165) is 6.07 Å². The molecule has 182 valence electrons. The van der Waals surface area contributed by atoms with Gasteiger partial charge < -0.3 is 48.9 Å². The number of rotatable bonds is 6. The maximum absolute atomic E-state index is 13.2. The van der Waals surface area contributed by atoms with E-state index >= 15 is 0 Å². The van der Waals surface area contributed by atoms with Crippen molar-refractivity contribution in [2.75, 3.05) is 20.8 Å². The molecule has 0 unspecified atom stereocenters. The molecule has 0 spiro atoms. The molecule has 5 atom stereocenters. The third kappa shape index (κ3) is 4.04. The van der Waals surface area contributed by atoms with Crippen LogP contribution in [-0.4, -0.2) is 77.1 Å². The van der Waals surface area contributed by atoms with Crippen molar-refractivity contribution in [2.24, 2.45) is 0 Å². The molecule has 1 saturated heterocycles. The Morgan fingerprint density at radius 1 is 0.971 bits per heavy atom. The van der Waals surface area contributed by atoms with E-state index in [2.05, 4.69) is 0 Å². The summed E-state index contributed by atoms with van der Waals surface area (Å²) in [6.07, 6.45) is -7.71. The average Bonchev–Trinajstić information content (AvgIpc) is 2.83. The van der Waals surface area contributed by atoms with E-state index in [9.17, 15) is 30.3 Å². The maximum atomic E-state index is 13.2. The quantitative estimate of drug-likeness (QED) is 0.333. The monoisotopic (exact) mass is 476 g/mol. The second kappa shape index (κ2) is 9.49. The zero-order valence-corrected chi connectivity index (χ0v) is 18.2. The second-order valence-electron chi connectivity index (χ2n) is 7.62. The predicted molar refractivity (Wildman–Crippen MR) is 117 cm³/mol. The number of fused-ring (bicyclic) bond motifs is 1. The maximum Gasteiger partial charge on any atom is 0.229 e. The molecule has 2 heterocycles. The first-order chi connectivity index (χ1) is 16.3. The third-order valence-corrected chi connectivity index (χ3v) is 5.57. The van der Waals surface area contributed by atoms with Gasteiger partial charge in [-0.05, 0) is 12.1 Å². The van der Waals surface area contributed by atoms with Gasteiger partial charge in [0.25, 0.3) is 0 Å². The lowest BCUT2D eigenvalue weighted by Crippen LogP contribution is -2.60. The van der Waals surface area contributed by atoms with E-state index in [0.29, 0.717) is 0 Å². The topological polar surface area (TPSA) is 168 Å². The van der Waals surface area contributed by atoms with Gasteiger partial charge in [0, 0.05) is 12.1 Å². The highest BCUT2D eigenvalue weighted by Crippen LogP contribution is 2.43. The molecular formula is C23H24O11. The molecule has 1 fully saturated rings. The SMILES string of the molecule is COc1cc(O[C@@H]2O[C@H](CO)[C@@H](O)[C@H](O)[C@H]2O)c2c(=O)cc(-c3ccccc3O)oc2c1OC. The molecule has 0 aliphatic carbocycles. The largest absolute Gasteiger partial charge is 0.507 e. The van der Waals surface area contributed by atoms with Gasteiger partial charge in [0.1, 0.15) is 47.1 Å². The molecule has 5 N–H and O–H groups in total. The molecule has 11 nitrogen and oxygen atoms in total. The zero-order chi connectivity index (χ0) is 24.6. The molecule has 0 radical (unpaired) electrons. The first-order valence-electron chi connectivity index (χ1n) is 10.3. The van der Waals surface area contributed by atoms with Crippen molar-refractivity contribution in [3.63, 3.8) is 0 Å². The van der Waals surface area contributed by atoms with Crippen molar-refractivity contribution < 1.29 is 48.9 Å². The van der Waals surface area contributed by atoms with Crippen molar-refractivity contribution in [3.8, 4) is 34.3 Å². The highest BCUT2D eigenvalue weighted by atomic mass is 16.7. The molecule has 2 aromatic carbocycles. The van der Waals surface area contributed by atoms with E-state index in [-0.39, 0.29) is 45.3 Å². The summed E-state index contributed by atoms with van der Waals surface area (Å²) >= 11 is 0. The number of phenolic OH excluding ortho intramolecular Hbond substituents is 1. The molecule has 1 aromatic heterocycles. The van der Waals surface area contributed by atoms with Crippen molar-refractivity contribution in [2.45, 2.75) is 30.7 Å². The van der Waals surface area contributed by atoms with Gasteiger partial charge in [-0.15, -0.1) is 0 Å². The van der Waals surface area contributed by atoms with Crippen molar-refractivity contribution in [1.29, 1.82) is 0 Å². The summed E-state index contributed by atoms with van der Waals surface area (Å²) < 4.78 is 27.8. The number of aliphatic hydroxyl groups is 4. The minimum atomic E-state index is -1.70. The number of aromatic hydroxyl groups is 1. The Morgan fingerprint density at radius 3 is 2.35 bits per heavy atom.